The zero-order valence-electron chi connectivity index (χ0n) is 8.05. The van der Waals surface area contributed by atoms with E-state index in [0.717, 1.165) is 10.6 Å². The van der Waals surface area contributed by atoms with E-state index in [2.05, 4.69) is 12.6 Å². The van der Waals surface area contributed by atoms with Crippen LogP contribution in [0.25, 0.3) is 0 Å². The molecule has 0 fully saturated rings. The van der Waals surface area contributed by atoms with Crippen LogP contribution < -0.4 is 5.73 Å². The fraction of sp³-hybridized carbons (Fsp3) is 0. The minimum atomic E-state index is -10.7. The third-order valence-corrected chi connectivity index (χ3v) is 1.34. The van der Waals surface area contributed by atoms with Gasteiger partial charge in [-0.25, -0.2) is 0 Å². The first kappa shape index (κ1) is 14.4. The number of anilines is 1. The van der Waals surface area contributed by atoms with Gasteiger partial charge in [0.25, 0.3) is 0 Å². The molecule has 15 heavy (non-hydrogen) atoms. The summed E-state index contributed by atoms with van der Waals surface area (Å²) in [6.07, 6.45) is 0. The summed E-state index contributed by atoms with van der Waals surface area (Å²) in [7, 11) is -10.7. The van der Waals surface area contributed by atoms with Gasteiger partial charge in [0.2, 0.25) is 0 Å². The fourth-order valence-electron chi connectivity index (χ4n) is 0.488. The summed E-state index contributed by atoms with van der Waals surface area (Å²) in [5, 5.41) is 0. The Bertz CT molecular complexity index is 319. The molecule has 0 saturated carbocycles. The minimum Gasteiger partial charge on any atom is -0.398 e. The SMILES string of the molecule is F[P-](F)(F)(F)(F)F.Nc1ccccc1S.[H+]. The summed E-state index contributed by atoms with van der Waals surface area (Å²) in [5.41, 5.74) is 6.18. The molecule has 0 atom stereocenters. The number of hydrogen-bond donors (Lipinski definition) is 2. The van der Waals surface area contributed by atoms with Crippen LogP contribution in [0.2, 0.25) is 0 Å². The maximum atomic E-state index is 9.87. The first-order valence-corrected chi connectivity index (χ1v) is 5.83. The van der Waals surface area contributed by atoms with Gasteiger partial charge in [-0.1, -0.05) is 12.1 Å². The van der Waals surface area contributed by atoms with E-state index in [1.807, 2.05) is 24.3 Å². The predicted octanol–water partition coefficient (Wildman–Crippen LogP) is 5.05. The van der Waals surface area contributed by atoms with Gasteiger partial charge in [-0.3, -0.25) is 0 Å². The molecule has 1 aromatic carbocycles. The summed E-state index contributed by atoms with van der Waals surface area (Å²) < 4.78 is 59.2. The smallest absolute Gasteiger partial charge is 0.398 e. The van der Waals surface area contributed by atoms with Crippen molar-refractivity contribution in [2.24, 2.45) is 0 Å². The average molecular weight is 271 g/mol. The molecule has 0 saturated heterocycles. The molecule has 0 aliphatic rings. The van der Waals surface area contributed by atoms with Crippen molar-refractivity contribution in [3.05, 3.63) is 24.3 Å². The second-order valence-electron chi connectivity index (χ2n) is 2.52. The predicted molar refractivity (Wildman–Crippen MR) is 52.8 cm³/mol. The van der Waals surface area contributed by atoms with E-state index in [9.17, 15) is 25.2 Å². The van der Waals surface area contributed by atoms with Gasteiger partial charge in [0.05, 0.1) is 0 Å². The van der Waals surface area contributed by atoms with Gasteiger partial charge < -0.3 is 5.73 Å². The van der Waals surface area contributed by atoms with Crippen LogP contribution in [0.3, 0.4) is 0 Å². The summed E-state index contributed by atoms with van der Waals surface area (Å²) in [6.45, 7) is 0. The molecule has 0 bridgehead atoms. The van der Waals surface area contributed by atoms with Gasteiger partial charge in [-0.15, -0.1) is 12.6 Å². The molecule has 1 nitrogen and oxygen atoms in total. The van der Waals surface area contributed by atoms with Gasteiger partial charge >= 0.3 is 34.4 Å². The van der Waals surface area contributed by atoms with Crippen LogP contribution in [0.1, 0.15) is 1.43 Å². The minimum absolute atomic E-state index is 0. The number of nitrogens with two attached hydrogens (primary N) is 1. The Morgan fingerprint density at radius 3 is 1.53 bits per heavy atom. The van der Waals surface area contributed by atoms with Crippen LogP contribution >= 0.6 is 20.4 Å². The van der Waals surface area contributed by atoms with Crippen molar-refractivity contribution in [2.45, 2.75) is 4.90 Å². The number of hydrogen-bond acceptors (Lipinski definition) is 2. The number of benzene rings is 1. The molecule has 0 aromatic heterocycles. The van der Waals surface area contributed by atoms with Crippen LogP contribution in [0, 0.1) is 0 Å². The van der Waals surface area contributed by atoms with Crippen molar-refractivity contribution in [2.75, 3.05) is 5.73 Å². The molecule has 0 spiro atoms. The summed E-state index contributed by atoms with van der Waals surface area (Å²) in [6, 6.07) is 7.47. The molecule has 2 N–H and O–H groups in total. The van der Waals surface area contributed by atoms with Gasteiger partial charge in [0.15, 0.2) is 0 Å². The van der Waals surface area contributed by atoms with Crippen molar-refractivity contribution in [3.63, 3.8) is 0 Å². The number of thiol groups is 1. The van der Waals surface area contributed by atoms with Crippen molar-refractivity contribution >= 4 is 26.1 Å². The molecule has 90 valence electrons. The Hall–Kier alpha value is -0.620. The Labute approximate surface area is 88.4 Å². The van der Waals surface area contributed by atoms with Crippen LogP contribution in [0.5, 0.6) is 0 Å². The summed E-state index contributed by atoms with van der Waals surface area (Å²) in [4.78, 5) is 0.840. The van der Waals surface area contributed by atoms with Crippen LogP contribution in [-0.4, -0.2) is 0 Å². The monoisotopic (exact) mass is 271 g/mol. The largest absolute Gasteiger partial charge is 1.00 e. The third-order valence-electron chi connectivity index (χ3n) is 0.937. The first-order valence-electron chi connectivity index (χ1n) is 3.35. The van der Waals surface area contributed by atoms with E-state index in [1.165, 1.54) is 0 Å². The molecule has 0 radical (unpaired) electrons. The summed E-state index contributed by atoms with van der Waals surface area (Å²) >= 11 is 4.07. The van der Waals surface area contributed by atoms with Crippen molar-refractivity contribution in [1.82, 2.24) is 0 Å². The van der Waals surface area contributed by atoms with Crippen molar-refractivity contribution < 1.29 is 26.6 Å². The molecule has 1 rings (SSSR count). The van der Waals surface area contributed by atoms with E-state index in [4.69, 9.17) is 5.73 Å². The molecule has 0 unspecified atom stereocenters. The second kappa shape index (κ2) is 3.45. The number of halogens is 6. The maximum absolute atomic E-state index is 10.7. The van der Waals surface area contributed by atoms with E-state index in [1.54, 1.807) is 0 Å². The Balaban J connectivity index is 0. The molecule has 1 aromatic rings. The van der Waals surface area contributed by atoms with Crippen LogP contribution in [-0.2, 0) is 0 Å². The third kappa shape index (κ3) is 16.1. The van der Waals surface area contributed by atoms with Gasteiger partial charge in [0, 0.05) is 10.6 Å². The summed E-state index contributed by atoms with van der Waals surface area (Å²) in [5.74, 6) is 0. The van der Waals surface area contributed by atoms with Gasteiger partial charge in [0.1, 0.15) is 0 Å². The Morgan fingerprint density at radius 1 is 1.00 bits per heavy atom. The van der Waals surface area contributed by atoms with Crippen molar-refractivity contribution in [3.8, 4) is 0 Å². The van der Waals surface area contributed by atoms with Crippen molar-refractivity contribution in [1.29, 1.82) is 0 Å². The van der Waals surface area contributed by atoms with Crippen LogP contribution in [0.15, 0.2) is 29.2 Å². The molecule has 9 heteroatoms. The average Bonchev–Trinajstić information content (AvgIpc) is 1.88. The molecule has 0 amide bonds. The van der Waals surface area contributed by atoms with Gasteiger partial charge in [-0.2, -0.15) is 0 Å². The zero-order valence-corrected chi connectivity index (χ0v) is 8.84. The normalized spacial score (nSPS) is 15.7. The molecular weight excluding hydrogens is 263 g/mol. The quantitative estimate of drug-likeness (QED) is 0.293. The number of rotatable bonds is 0. The molecule has 0 aliphatic carbocycles. The molecule has 0 aliphatic heterocycles. The van der Waals surface area contributed by atoms with Crippen LogP contribution in [0.4, 0.5) is 30.9 Å². The Morgan fingerprint density at radius 2 is 1.33 bits per heavy atom. The first-order chi connectivity index (χ1) is 6.25. The molecule has 0 heterocycles. The fourth-order valence-corrected chi connectivity index (χ4v) is 0.648. The maximum Gasteiger partial charge on any atom is 1.00 e. The Kier molecular flexibility index (Phi) is 3.31. The van der Waals surface area contributed by atoms with E-state index in [-0.39, 0.29) is 1.43 Å². The van der Waals surface area contributed by atoms with E-state index >= 15 is 0 Å². The number of para-hydroxylation sites is 1. The second-order valence-corrected chi connectivity index (χ2v) is 4.92. The molecular formula is C6H8F6NPS. The van der Waals surface area contributed by atoms with Gasteiger partial charge in [-0.05, 0) is 12.1 Å². The number of nitrogen functional groups attached to an aromatic ring is 1. The standard InChI is InChI=1S/C6H7NS.F6P/c7-5-3-1-2-4-6(5)8;1-7(2,3,4,5)6/h1-4,8H,7H2;/q;-1/p+1. The van der Waals surface area contributed by atoms with E-state index < -0.39 is 7.81 Å². The van der Waals surface area contributed by atoms with E-state index in [0.29, 0.717) is 0 Å². The zero-order chi connectivity index (χ0) is 12.4. The topological polar surface area (TPSA) is 26.0 Å².